The van der Waals surface area contributed by atoms with Crippen LogP contribution in [0.4, 0.5) is 5.69 Å². The number of hydrogen-bond acceptors (Lipinski definition) is 5. The van der Waals surface area contributed by atoms with Crippen molar-refractivity contribution >= 4 is 39.4 Å². The summed E-state index contributed by atoms with van der Waals surface area (Å²) < 4.78 is 13.7. The molecule has 0 aliphatic rings. The summed E-state index contributed by atoms with van der Waals surface area (Å²) in [7, 11) is 1.57. The number of hydrogen-bond donors (Lipinski definition) is 1. The Hall–Kier alpha value is -2.14. The summed E-state index contributed by atoms with van der Waals surface area (Å²) in [6.45, 7) is 4.00. The van der Waals surface area contributed by atoms with Gasteiger partial charge >= 0.3 is 5.63 Å². The molecule has 3 rings (SSSR count). The van der Waals surface area contributed by atoms with E-state index in [-0.39, 0.29) is 5.63 Å². The Labute approximate surface area is 133 Å². The van der Waals surface area contributed by atoms with Gasteiger partial charge in [-0.15, -0.1) is 0 Å². The summed E-state index contributed by atoms with van der Waals surface area (Å²) in [6.07, 6.45) is 1.94. The highest BCUT2D eigenvalue weighted by Crippen LogP contribution is 2.28. The Bertz CT molecular complexity index is 842. The normalized spacial score (nSPS) is 10.2. The highest BCUT2D eigenvalue weighted by Gasteiger charge is 2.09. The molecule has 22 heavy (non-hydrogen) atoms. The van der Waals surface area contributed by atoms with Gasteiger partial charge in [0.05, 0.1) is 12.5 Å². The first-order valence-corrected chi connectivity index (χ1v) is 8.29. The molecule has 1 aromatic heterocycles. The summed E-state index contributed by atoms with van der Waals surface area (Å²) in [4.78, 5) is 12.1. The van der Waals surface area contributed by atoms with E-state index in [9.17, 15) is 4.79 Å². The maximum Gasteiger partial charge on any atom is 0.344 e. The summed E-state index contributed by atoms with van der Waals surface area (Å²) in [5, 5.41) is 2.31. The Morgan fingerprint density at radius 3 is 2.45 bits per heavy atom. The molecule has 0 saturated heterocycles. The largest absolute Gasteiger partial charge is 0.497 e. The van der Waals surface area contributed by atoms with Crippen LogP contribution in [-0.2, 0) is 0 Å². The van der Waals surface area contributed by atoms with Crippen molar-refractivity contribution in [3.8, 4) is 5.75 Å². The molecule has 2 aromatic carbocycles. The average Bonchev–Trinajstić information content (AvgIpc) is 2.56. The zero-order valence-corrected chi connectivity index (χ0v) is 13.9. The molecule has 4 nitrogen and oxygen atoms in total. The van der Waals surface area contributed by atoms with E-state index in [2.05, 4.69) is 4.72 Å². The standard InChI is InChI=1S/C15H13NO3S.C2H6/c1-18-10-4-6-11-12-5-3-9(16-20-2)7-14(12)19-15(17)13(11)8-10;1-2/h3-8,16H,1-2H3;1-2H3. The van der Waals surface area contributed by atoms with Crippen LogP contribution in [0.2, 0.25) is 0 Å². The zero-order chi connectivity index (χ0) is 16.1. The van der Waals surface area contributed by atoms with Crippen LogP contribution in [0.1, 0.15) is 13.8 Å². The second-order valence-electron chi connectivity index (χ2n) is 4.32. The van der Waals surface area contributed by atoms with Crippen molar-refractivity contribution in [1.29, 1.82) is 0 Å². The van der Waals surface area contributed by atoms with E-state index in [0.29, 0.717) is 16.7 Å². The van der Waals surface area contributed by atoms with Crippen LogP contribution in [0, 0.1) is 0 Å². The summed E-state index contributed by atoms with van der Waals surface area (Å²) in [5.74, 6) is 0.643. The Kier molecular flexibility index (Phi) is 5.33. The fraction of sp³-hybridized carbons (Fsp3) is 0.235. The molecule has 0 spiro atoms. The fourth-order valence-electron chi connectivity index (χ4n) is 2.22. The number of rotatable bonds is 3. The number of methoxy groups -OCH3 is 1. The molecule has 0 amide bonds. The molecule has 1 N–H and O–H groups in total. The van der Waals surface area contributed by atoms with E-state index in [4.69, 9.17) is 9.15 Å². The molecular weight excluding hydrogens is 298 g/mol. The molecule has 0 aliphatic heterocycles. The molecule has 0 aliphatic carbocycles. The molecule has 1 heterocycles. The van der Waals surface area contributed by atoms with E-state index >= 15 is 0 Å². The van der Waals surface area contributed by atoms with Crippen molar-refractivity contribution in [2.45, 2.75) is 13.8 Å². The van der Waals surface area contributed by atoms with E-state index in [0.717, 1.165) is 16.5 Å². The molecule has 0 saturated carbocycles. The molecule has 3 aromatic rings. The second-order valence-corrected chi connectivity index (χ2v) is 4.93. The lowest BCUT2D eigenvalue weighted by Crippen LogP contribution is -2.00. The van der Waals surface area contributed by atoms with Gasteiger partial charge in [-0.3, -0.25) is 0 Å². The average molecular weight is 317 g/mol. The van der Waals surface area contributed by atoms with Gasteiger partial charge in [0.15, 0.2) is 0 Å². The molecule has 5 heteroatoms. The van der Waals surface area contributed by atoms with Gasteiger partial charge < -0.3 is 13.9 Å². The predicted molar refractivity (Wildman–Crippen MR) is 95.0 cm³/mol. The van der Waals surface area contributed by atoms with Crippen molar-refractivity contribution in [1.82, 2.24) is 0 Å². The number of benzene rings is 2. The van der Waals surface area contributed by atoms with Crippen LogP contribution >= 0.6 is 11.9 Å². The van der Waals surface area contributed by atoms with E-state index in [1.165, 1.54) is 11.9 Å². The Morgan fingerprint density at radius 2 is 1.77 bits per heavy atom. The van der Waals surface area contributed by atoms with Crippen molar-refractivity contribution in [2.75, 3.05) is 18.1 Å². The zero-order valence-electron chi connectivity index (χ0n) is 13.1. The summed E-state index contributed by atoms with van der Waals surface area (Å²) >= 11 is 1.49. The van der Waals surface area contributed by atoms with E-state index in [1.54, 1.807) is 13.2 Å². The van der Waals surface area contributed by atoms with E-state index in [1.807, 2.05) is 50.4 Å². The van der Waals surface area contributed by atoms with Gasteiger partial charge in [-0.25, -0.2) is 4.79 Å². The lowest BCUT2D eigenvalue weighted by molar-refractivity contribution is 0.415. The maximum absolute atomic E-state index is 12.1. The van der Waals surface area contributed by atoms with Crippen LogP contribution in [-0.4, -0.2) is 13.4 Å². The summed E-state index contributed by atoms with van der Waals surface area (Å²) in [6, 6.07) is 11.2. The molecule has 0 bridgehead atoms. The predicted octanol–water partition coefficient (Wildman–Crippen LogP) is 4.67. The SMILES string of the molecule is CC.COc1ccc2c(c1)c(=O)oc1cc(NSC)ccc12. The van der Waals surface area contributed by atoms with Crippen LogP contribution in [0.5, 0.6) is 5.75 Å². The lowest BCUT2D eigenvalue weighted by Gasteiger charge is -2.07. The second kappa shape index (κ2) is 7.22. The first-order chi connectivity index (χ1) is 10.7. The molecule has 0 fully saturated rings. The first kappa shape index (κ1) is 16.2. The maximum atomic E-state index is 12.1. The van der Waals surface area contributed by atoms with Gasteiger partial charge in [-0.05, 0) is 30.3 Å². The summed E-state index contributed by atoms with van der Waals surface area (Å²) in [5.41, 5.74) is 1.13. The highest BCUT2D eigenvalue weighted by atomic mass is 32.2. The number of nitrogens with one attached hydrogen (secondary N) is 1. The Balaban J connectivity index is 0.000000847. The van der Waals surface area contributed by atoms with Crippen LogP contribution < -0.4 is 15.1 Å². The lowest BCUT2D eigenvalue weighted by atomic mass is 10.1. The van der Waals surface area contributed by atoms with Gasteiger partial charge in [-0.2, -0.15) is 0 Å². The molecule has 0 atom stereocenters. The quantitative estimate of drug-likeness (QED) is 0.432. The topological polar surface area (TPSA) is 51.5 Å². The minimum absolute atomic E-state index is 0.354. The minimum Gasteiger partial charge on any atom is -0.497 e. The van der Waals surface area contributed by atoms with Gasteiger partial charge in [-0.1, -0.05) is 25.8 Å². The third-order valence-electron chi connectivity index (χ3n) is 3.14. The van der Waals surface area contributed by atoms with Gasteiger partial charge in [0.1, 0.15) is 11.3 Å². The van der Waals surface area contributed by atoms with Gasteiger partial charge in [0.25, 0.3) is 0 Å². The Morgan fingerprint density at radius 1 is 1.05 bits per heavy atom. The third-order valence-corrected chi connectivity index (χ3v) is 3.58. The number of anilines is 1. The molecule has 0 radical (unpaired) electrons. The number of fused-ring (bicyclic) bond motifs is 3. The van der Waals surface area contributed by atoms with Crippen molar-refractivity contribution in [3.05, 3.63) is 46.8 Å². The van der Waals surface area contributed by atoms with Gasteiger partial charge in [0, 0.05) is 28.8 Å². The van der Waals surface area contributed by atoms with Crippen LogP contribution in [0.25, 0.3) is 21.7 Å². The first-order valence-electron chi connectivity index (χ1n) is 7.06. The van der Waals surface area contributed by atoms with Crippen molar-refractivity contribution in [3.63, 3.8) is 0 Å². The molecule has 116 valence electrons. The molecular formula is C17H19NO3S. The van der Waals surface area contributed by atoms with Gasteiger partial charge in [0.2, 0.25) is 0 Å². The molecule has 0 unspecified atom stereocenters. The van der Waals surface area contributed by atoms with Crippen molar-refractivity contribution in [2.24, 2.45) is 0 Å². The monoisotopic (exact) mass is 317 g/mol. The number of ether oxygens (including phenoxy) is 1. The highest BCUT2D eigenvalue weighted by molar-refractivity contribution is 7.99. The van der Waals surface area contributed by atoms with Crippen LogP contribution in [0.3, 0.4) is 0 Å². The van der Waals surface area contributed by atoms with E-state index < -0.39 is 0 Å². The fourth-order valence-corrected chi connectivity index (χ4v) is 2.58. The third kappa shape index (κ3) is 3.04. The van der Waals surface area contributed by atoms with Crippen molar-refractivity contribution < 1.29 is 9.15 Å². The smallest absolute Gasteiger partial charge is 0.344 e. The van der Waals surface area contributed by atoms with Crippen LogP contribution in [0.15, 0.2) is 45.6 Å². The minimum atomic E-state index is -0.354.